The molecule has 3 N–H and O–H groups in total. The molecule has 0 aromatic rings. The van der Waals surface area contributed by atoms with E-state index in [0.29, 0.717) is 6.42 Å². The van der Waals surface area contributed by atoms with E-state index in [1.54, 1.807) is 6.92 Å². The molecule has 0 saturated heterocycles. The van der Waals surface area contributed by atoms with Gasteiger partial charge in [0, 0.05) is 6.42 Å². The fourth-order valence-electron chi connectivity index (χ4n) is 1.77. The number of amides is 1. The third kappa shape index (κ3) is 8.24. The lowest BCUT2D eigenvalue weighted by Crippen LogP contribution is -2.49. The van der Waals surface area contributed by atoms with Crippen molar-refractivity contribution >= 4 is 17.7 Å². The number of esters is 1. The van der Waals surface area contributed by atoms with Crippen LogP contribution in [-0.2, 0) is 19.1 Å². The van der Waals surface area contributed by atoms with Gasteiger partial charge in [0.1, 0.15) is 6.04 Å². The molecule has 0 bridgehead atoms. The topological polar surface area (TPSA) is 98.5 Å². The Labute approximate surface area is 126 Å². The monoisotopic (exact) mass is 298 g/mol. The number of carbonyl (C=O) groups excluding carboxylic acids is 3. The van der Waals surface area contributed by atoms with E-state index >= 15 is 0 Å². The second-order valence-electron chi connectivity index (χ2n) is 5.26. The minimum Gasteiger partial charge on any atom is -0.464 e. The van der Waals surface area contributed by atoms with Gasteiger partial charge < -0.3 is 15.8 Å². The Morgan fingerprint density at radius 3 is 2.43 bits per heavy atom. The molecule has 0 rings (SSSR count). The molecule has 2 atom stereocenters. The molecule has 0 heterocycles. The first-order chi connectivity index (χ1) is 9.81. The molecule has 120 valence electrons. The molecule has 0 aliphatic rings. The fraction of sp³-hybridized carbons (Fsp3) is 0.667. The molecule has 21 heavy (non-hydrogen) atoms. The second-order valence-corrected chi connectivity index (χ2v) is 5.26. The highest BCUT2D eigenvalue weighted by Crippen LogP contribution is 2.06. The minimum absolute atomic E-state index is 0.118. The van der Waals surface area contributed by atoms with E-state index < -0.39 is 24.0 Å². The van der Waals surface area contributed by atoms with Crippen LogP contribution < -0.4 is 11.1 Å². The SMILES string of the molecule is C=CC(=O)CCC(NC(=O)C(N)CC(C)C)C(=O)OCC. The van der Waals surface area contributed by atoms with Crippen molar-refractivity contribution in [1.82, 2.24) is 5.32 Å². The first kappa shape index (κ1) is 19.3. The van der Waals surface area contributed by atoms with Crippen LogP contribution in [-0.4, -0.2) is 36.4 Å². The Morgan fingerprint density at radius 1 is 1.33 bits per heavy atom. The molecule has 6 heteroatoms. The van der Waals surface area contributed by atoms with E-state index in [1.165, 1.54) is 6.08 Å². The van der Waals surface area contributed by atoms with E-state index in [2.05, 4.69) is 11.9 Å². The van der Waals surface area contributed by atoms with Crippen molar-refractivity contribution in [1.29, 1.82) is 0 Å². The lowest BCUT2D eigenvalue weighted by molar-refractivity contribution is -0.147. The Kier molecular flexibility index (Phi) is 9.28. The van der Waals surface area contributed by atoms with Gasteiger partial charge in [-0.05, 0) is 31.8 Å². The van der Waals surface area contributed by atoms with Crippen molar-refractivity contribution in [2.75, 3.05) is 6.61 Å². The molecule has 0 saturated carbocycles. The molecule has 0 radical (unpaired) electrons. The van der Waals surface area contributed by atoms with Crippen LogP contribution in [0.15, 0.2) is 12.7 Å². The van der Waals surface area contributed by atoms with Crippen LogP contribution in [0, 0.1) is 5.92 Å². The number of ketones is 1. The first-order valence-electron chi connectivity index (χ1n) is 7.19. The summed E-state index contributed by atoms with van der Waals surface area (Å²) in [6.07, 6.45) is 2.00. The highest BCUT2D eigenvalue weighted by Gasteiger charge is 2.25. The Balaban J connectivity index is 4.64. The number of hydrogen-bond donors (Lipinski definition) is 2. The van der Waals surface area contributed by atoms with Crippen LogP contribution in [0.2, 0.25) is 0 Å². The number of rotatable bonds is 10. The molecule has 6 nitrogen and oxygen atoms in total. The first-order valence-corrected chi connectivity index (χ1v) is 7.19. The summed E-state index contributed by atoms with van der Waals surface area (Å²) in [5.41, 5.74) is 5.78. The minimum atomic E-state index is -0.862. The lowest BCUT2D eigenvalue weighted by Gasteiger charge is -2.20. The molecule has 0 spiro atoms. The average molecular weight is 298 g/mol. The summed E-state index contributed by atoms with van der Waals surface area (Å²) >= 11 is 0. The van der Waals surface area contributed by atoms with Gasteiger partial charge in [0.25, 0.3) is 0 Å². The maximum Gasteiger partial charge on any atom is 0.328 e. The molecule has 0 aliphatic heterocycles. The van der Waals surface area contributed by atoms with E-state index in [0.717, 1.165) is 0 Å². The summed E-state index contributed by atoms with van der Waals surface area (Å²) in [5.74, 6) is -0.883. The second kappa shape index (κ2) is 10.1. The Morgan fingerprint density at radius 2 is 1.95 bits per heavy atom. The van der Waals surface area contributed by atoms with Crippen LogP contribution in [0.3, 0.4) is 0 Å². The zero-order valence-electron chi connectivity index (χ0n) is 13.1. The third-order valence-electron chi connectivity index (χ3n) is 2.86. The molecule has 0 aromatic carbocycles. The van der Waals surface area contributed by atoms with E-state index in [9.17, 15) is 14.4 Å². The van der Waals surface area contributed by atoms with E-state index in [4.69, 9.17) is 10.5 Å². The lowest BCUT2D eigenvalue weighted by atomic mass is 10.0. The maximum absolute atomic E-state index is 12.0. The largest absolute Gasteiger partial charge is 0.464 e. The maximum atomic E-state index is 12.0. The summed E-state index contributed by atoms with van der Waals surface area (Å²) in [6, 6.07) is -1.54. The van der Waals surface area contributed by atoms with Gasteiger partial charge in [0.15, 0.2) is 5.78 Å². The number of hydrogen-bond acceptors (Lipinski definition) is 5. The summed E-state index contributed by atoms with van der Waals surface area (Å²) in [4.78, 5) is 35.0. The van der Waals surface area contributed by atoms with Gasteiger partial charge in [0.05, 0.1) is 12.6 Å². The predicted molar refractivity (Wildman–Crippen MR) is 80.4 cm³/mol. The Hall–Kier alpha value is -1.69. The number of nitrogens with one attached hydrogen (secondary N) is 1. The van der Waals surface area contributed by atoms with Crippen molar-refractivity contribution in [2.45, 2.75) is 52.1 Å². The van der Waals surface area contributed by atoms with Crippen molar-refractivity contribution in [3.05, 3.63) is 12.7 Å². The standard InChI is InChI=1S/C15H26N2O4/c1-5-11(18)7-8-13(15(20)21-6-2)17-14(19)12(16)9-10(3)4/h5,10,12-13H,1,6-9,16H2,2-4H3,(H,17,19). The molecular weight excluding hydrogens is 272 g/mol. The van der Waals surface area contributed by atoms with Crippen LogP contribution >= 0.6 is 0 Å². The summed E-state index contributed by atoms with van der Waals surface area (Å²) in [6.45, 7) is 9.17. The molecule has 0 aliphatic carbocycles. The summed E-state index contributed by atoms with van der Waals surface area (Å²) in [5, 5.41) is 2.56. The zero-order chi connectivity index (χ0) is 16.4. The van der Waals surface area contributed by atoms with E-state index in [-0.39, 0.29) is 31.1 Å². The average Bonchev–Trinajstić information content (AvgIpc) is 2.41. The highest BCUT2D eigenvalue weighted by atomic mass is 16.5. The number of carbonyl (C=O) groups is 3. The smallest absolute Gasteiger partial charge is 0.328 e. The van der Waals surface area contributed by atoms with E-state index in [1.807, 2.05) is 13.8 Å². The third-order valence-corrected chi connectivity index (χ3v) is 2.86. The molecule has 1 amide bonds. The van der Waals surface area contributed by atoms with Gasteiger partial charge in [0.2, 0.25) is 5.91 Å². The molecular formula is C15H26N2O4. The number of ether oxygens (including phenoxy) is 1. The van der Waals surface area contributed by atoms with Crippen LogP contribution in [0.25, 0.3) is 0 Å². The van der Waals surface area contributed by atoms with Crippen molar-refractivity contribution in [3.63, 3.8) is 0 Å². The van der Waals surface area contributed by atoms with Gasteiger partial charge in [-0.2, -0.15) is 0 Å². The van der Waals surface area contributed by atoms with Crippen molar-refractivity contribution in [3.8, 4) is 0 Å². The van der Waals surface area contributed by atoms with Crippen LogP contribution in [0.4, 0.5) is 0 Å². The molecule has 0 fully saturated rings. The van der Waals surface area contributed by atoms with Gasteiger partial charge >= 0.3 is 5.97 Å². The van der Waals surface area contributed by atoms with Crippen molar-refractivity contribution < 1.29 is 19.1 Å². The van der Waals surface area contributed by atoms with Gasteiger partial charge in [-0.25, -0.2) is 4.79 Å². The molecule has 2 unspecified atom stereocenters. The number of nitrogens with two attached hydrogens (primary N) is 1. The van der Waals surface area contributed by atoms with Crippen molar-refractivity contribution in [2.24, 2.45) is 11.7 Å². The summed E-state index contributed by atoms with van der Waals surface area (Å²) < 4.78 is 4.90. The van der Waals surface area contributed by atoms with Gasteiger partial charge in [-0.1, -0.05) is 20.4 Å². The zero-order valence-corrected chi connectivity index (χ0v) is 13.1. The van der Waals surface area contributed by atoms with Gasteiger partial charge in [-0.15, -0.1) is 0 Å². The van der Waals surface area contributed by atoms with Crippen LogP contribution in [0.5, 0.6) is 0 Å². The normalized spacial score (nSPS) is 13.4. The number of allylic oxidation sites excluding steroid dienone is 1. The van der Waals surface area contributed by atoms with Gasteiger partial charge in [-0.3, -0.25) is 9.59 Å². The predicted octanol–water partition coefficient (Wildman–Crippen LogP) is 0.943. The summed E-state index contributed by atoms with van der Waals surface area (Å²) in [7, 11) is 0. The fourth-order valence-corrected chi connectivity index (χ4v) is 1.77. The highest BCUT2D eigenvalue weighted by molar-refractivity contribution is 5.90. The Bertz CT molecular complexity index is 380. The molecule has 0 aromatic heterocycles. The quantitative estimate of drug-likeness (QED) is 0.462. The van der Waals surface area contributed by atoms with Crippen LogP contribution in [0.1, 0.15) is 40.0 Å².